The second-order valence-corrected chi connectivity index (χ2v) is 3.81. The van der Waals surface area contributed by atoms with Crippen molar-refractivity contribution in [2.24, 2.45) is 0 Å². The summed E-state index contributed by atoms with van der Waals surface area (Å²) < 4.78 is 13.0. The van der Waals surface area contributed by atoms with Crippen LogP contribution in [0.3, 0.4) is 0 Å². The number of terminal acetylenes is 1. The highest BCUT2D eigenvalue weighted by Gasteiger charge is 1.96. The van der Waals surface area contributed by atoms with Crippen LogP contribution in [-0.4, -0.2) is 25.0 Å². The highest BCUT2D eigenvalue weighted by molar-refractivity contribution is 5.50. The Morgan fingerprint density at radius 1 is 1.50 bits per heavy atom. The fourth-order valence-corrected chi connectivity index (χ4v) is 1.36. The molecule has 0 atom stereocenters. The van der Waals surface area contributed by atoms with Gasteiger partial charge in [0.25, 0.3) is 0 Å². The van der Waals surface area contributed by atoms with E-state index in [2.05, 4.69) is 5.92 Å². The summed E-state index contributed by atoms with van der Waals surface area (Å²) in [5.74, 6) is 2.41. The molecule has 0 bridgehead atoms. The topological polar surface area (TPSA) is 3.24 Å². The normalized spacial score (nSPS) is 10.9. The Kier molecular flexibility index (Phi) is 4.75. The summed E-state index contributed by atoms with van der Waals surface area (Å²) in [6, 6.07) is 5.08. The lowest BCUT2D eigenvalue weighted by atomic mass is 10.1. The third-order valence-corrected chi connectivity index (χ3v) is 2.27. The highest BCUT2D eigenvalue weighted by atomic mass is 19.1. The molecule has 2 heteroatoms. The van der Waals surface area contributed by atoms with E-state index in [0.717, 1.165) is 12.1 Å². The zero-order chi connectivity index (χ0) is 12.0. The second-order valence-electron chi connectivity index (χ2n) is 3.81. The molecular formula is C14H16FN. The van der Waals surface area contributed by atoms with Crippen LogP contribution in [0.4, 0.5) is 4.39 Å². The van der Waals surface area contributed by atoms with Gasteiger partial charge in [-0.05, 0) is 37.2 Å². The maximum atomic E-state index is 13.0. The van der Waals surface area contributed by atoms with E-state index in [1.165, 1.54) is 6.07 Å². The van der Waals surface area contributed by atoms with Crippen LogP contribution < -0.4 is 0 Å². The number of hydrogen-bond acceptors (Lipinski definition) is 1. The molecule has 0 amide bonds. The summed E-state index contributed by atoms with van der Waals surface area (Å²) in [4.78, 5) is 2.02. The monoisotopic (exact) mass is 217 g/mol. The largest absolute Gasteiger partial charge is 0.292 e. The van der Waals surface area contributed by atoms with Crippen molar-refractivity contribution in [1.82, 2.24) is 4.90 Å². The average Bonchev–Trinajstić information content (AvgIpc) is 2.24. The lowest BCUT2D eigenvalue weighted by molar-refractivity contribution is 0.420. The Morgan fingerprint density at radius 3 is 2.88 bits per heavy atom. The van der Waals surface area contributed by atoms with Crippen LogP contribution in [0.25, 0.3) is 6.08 Å². The van der Waals surface area contributed by atoms with Crippen LogP contribution in [0.2, 0.25) is 0 Å². The van der Waals surface area contributed by atoms with Crippen LogP contribution in [0.5, 0.6) is 0 Å². The minimum absolute atomic E-state index is 0.165. The fourth-order valence-electron chi connectivity index (χ4n) is 1.36. The first-order valence-electron chi connectivity index (χ1n) is 5.18. The molecule has 1 aromatic carbocycles. The van der Waals surface area contributed by atoms with Crippen molar-refractivity contribution in [2.75, 3.05) is 20.1 Å². The molecule has 0 spiro atoms. The molecule has 0 aliphatic heterocycles. The van der Waals surface area contributed by atoms with Crippen LogP contribution in [0.15, 0.2) is 24.3 Å². The number of aryl methyl sites for hydroxylation is 1. The van der Waals surface area contributed by atoms with Crippen molar-refractivity contribution in [3.05, 3.63) is 41.2 Å². The van der Waals surface area contributed by atoms with E-state index in [9.17, 15) is 4.39 Å². The molecule has 16 heavy (non-hydrogen) atoms. The number of halogens is 1. The molecule has 84 valence electrons. The molecule has 0 N–H and O–H groups in total. The standard InChI is InChI=1S/C14H16FN/c1-4-9-16(3)10-5-6-13-7-8-14(15)12(2)11-13/h1,5-8,11H,9-10H2,2-3H3/b6-5+. The zero-order valence-electron chi connectivity index (χ0n) is 9.70. The first kappa shape index (κ1) is 12.5. The van der Waals surface area contributed by atoms with E-state index < -0.39 is 0 Å². The molecule has 1 rings (SSSR count). The van der Waals surface area contributed by atoms with E-state index >= 15 is 0 Å². The molecule has 0 unspecified atom stereocenters. The lowest BCUT2D eigenvalue weighted by Crippen LogP contribution is -2.17. The molecule has 1 aromatic rings. The van der Waals surface area contributed by atoms with Gasteiger partial charge in [-0.2, -0.15) is 0 Å². The molecule has 0 heterocycles. The minimum Gasteiger partial charge on any atom is -0.292 e. The first-order valence-corrected chi connectivity index (χ1v) is 5.18. The van der Waals surface area contributed by atoms with Gasteiger partial charge in [0, 0.05) is 6.54 Å². The molecular weight excluding hydrogens is 201 g/mol. The van der Waals surface area contributed by atoms with Gasteiger partial charge in [-0.15, -0.1) is 6.42 Å². The maximum absolute atomic E-state index is 13.0. The quantitative estimate of drug-likeness (QED) is 0.701. The Morgan fingerprint density at radius 2 is 2.25 bits per heavy atom. The third kappa shape index (κ3) is 3.88. The molecule has 0 aliphatic rings. The van der Waals surface area contributed by atoms with Gasteiger partial charge in [0.1, 0.15) is 5.82 Å². The summed E-state index contributed by atoms with van der Waals surface area (Å²) >= 11 is 0. The fraction of sp³-hybridized carbons (Fsp3) is 0.286. The smallest absolute Gasteiger partial charge is 0.126 e. The van der Waals surface area contributed by atoms with Crippen molar-refractivity contribution >= 4 is 6.08 Å². The molecule has 0 fully saturated rings. The summed E-state index contributed by atoms with van der Waals surface area (Å²) in [7, 11) is 1.96. The summed E-state index contributed by atoms with van der Waals surface area (Å²) in [6.07, 6.45) is 9.18. The molecule has 0 saturated heterocycles. The third-order valence-electron chi connectivity index (χ3n) is 2.27. The second kappa shape index (κ2) is 6.09. The van der Waals surface area contributed by atoms with E-state index in [1.807, 2.05) is 30.2 Å². The van der Waals surface area contributed by atoms with E-state index in [4.69, 9.17) is 6.42 Å². The van der Waals surface area contributed by atoms with Gasteiger partial charge in [0.15, 0.2) is 0 Å². The van der Waals surface area contributed by atoms with Gasteiger partial charge in [0.05, 0.1) is 6.54 Å². The molecule has 0 saturated carbocycles. The van der Waals surface area contributed by atoms with Crippen molar-refractivity contribution in [2.45, 2.75) is 6.92 Å². The van der Waals surface area contributed by atoms with Crippen LogP contribution >= 0.6 is 0 Å². The predicted molar refractivity (Wildman–Crippen MR) is 66.5 cm³/mol. The molecule has 1 nitrogen and oxygen atoms in total. The Labute approximate surface area is 96.6 Å². The SMILES string of the molecule is C#CCN(C)C/C=C/c1ccc(F)c(C)c1. The highest BCUT2D eigenvalue weighted by Crippen LogP contribution is 2.10. The van der Waals surface area contributed by atoms with Gasteiger partial charge < -0.3 is 0 Å². The summed E-state index contributed by atoms with van der Waals surface area (Å²) in [5, 5.41) is 0. The van der Waals surface area contributed by atoms with E-state index in [1.54, 1.807) is 13.0 Å². The number of likely N-dealkylation sites (N-methyl/N-ethyl adjacent to an activating group) is 1. The predicted octanol–water partition coefficient (Wildman–Crippen LogP) is 2.71. The summed E-state index contributed by atoms with van der Waals surface area (Å²) in [6.45, 7) is 3.19. The van der Waals surface area contributed by atoms with E-state index in [0.29, 0.717) is 12.1 Å². The molecule has 0 radical (unpaired) electrons. The van der Waals surface area contributed by atoms with Crippen molar-refractivity contribution in [3.8, 4) is 12.3 Å². The average molecular weight is 217 g/mol. The summed E-state index contributed by atoms with van der Waals surface area (Å²) in [5.41, 5.74) is 1.67. The van der Waals surface area contributed by atoms with Gasteiger partial charge in [0.2, 0.25) is 0 Å². The Hall–Kier alpha value is -1.59. The van der Waals surface area contributed by atoms with Gasteiger partial charge in [-0.1, -0.05) is 24.1 Å². The number of benzene rings is 1. The van der Waals surface area contributed by atoms with Crippen molar-refractivity contribution in [1.29, 1.82) is 0 Å². The Bertz CT molecular complexity index is 415. The first-order chi connectivity index (χ1) is 7.63. The van der Waals surface area contributed by atoms with Crippen LogP contribution in [-0.2, 0) is 0 Å². The lowest BCUT2D eigenvalue weighted by Gasteiger charge is -2.08. The van der Waals surface area contributed by atoms with Crippen molar-refractivity contribution < 1.29 is 4.39 Å². The maximum Gasteiger partial charge on any atom is 0.126 e. The molecule has 0 aromatic heterocycles. The van der Waals surface area contributed by atoms with Crippen LogP contribution in [0, 0.1) is 25.1 Å². The van der Waals surface area contributed by atoms with Crippen LogP contribution in [0.1, 0.15) is 11.1 Å². The van der Waals surface area contributed by atoms with E-state index in [-0.39, 0.29) is 5.82 Å². The zero-order valence-corrected chi connectivity index (χ0v) is 9.70. The number of rotatable bonds is 4. The molecule has 0 aliphatic carbocycles. The number of hydrogen-bond donors (Lipinski definition) is 0. The van der Waals surface area contributed by atoms with Gasteiger partial charge in [-0.25, -0.2) is 4.39 Å². The minimum atomic E-state index is -0.165. The Balaban J connectivity index is 2.57. The van der Waals surface area contributed by atoms with Gasteiger partial charge in [-0.3, -0.25) is 4.90 Å². The number of nitrogens with zero attached hydrogens (tertiary/aromatic N) is 1. The van der Waals surface area contributed by atoms with Crippen molar-refractivity contribution in [3.63, 3.8) is 0 Å². The van der Waals surface area contributed by atoms with Gasteiger partial charge >= 0.3 is 0 Å².